The van der Waals surface area contributed by atoms with Crippen molar-refractivity contribution in [1.82, 2.24) is 4.90 Å². The molecule has 14 heavy (non-hydrogen) atoms. The summed E-state index contributed by atoms with van der Waals surface area (Å²) in [7, 11) is -2.95. The van der Waals surface area contributed by atoms with Crippen molar-refractivity contribution in [2.75, 3.05) is 25.1 Å². The van der Waals surface area contributed by atoms with E-state index in [9.17, 15) is 13.2 Å². The molecule has 6 heteroatoms. The molecule has 0 aromatic rings. The second kappa shape index (κ2) is 4.27. The summed E-state index contributed by atoms with van der Waals surface area (Å²) in [4.78, 5) is 12.8. The van der Waals surface area contributed by atoms with Crippen LogP contribution < -0.4 is 5.73 Å². The number of amides is 1. The number of rotatable bonds is 4. The SMILES string of the molecule is CS(=O)(=O)CCN1CCC[C@H]1C(N)=O. The number of hydrogen-bond donors (Lipinski definition) is 1. The highest BCUT2D eigenvalue weighted by Crippen LogP contribution is 2.16. The van der Waals surface area contributed by atoms with E-state index in [0.29, 0.717) is 6.54 Å². The Hall–Kier alpha value is -0.620. The van der Waals surface area contributed by atoms with Gasteiger partial charge in [0.2, 0.25) is 5.91 Å². The van der Waals surface area contributed by atoms with Crippen molar-refractivity contribution in [1.29, 1.82) is 0 Å². The number of sulfone groups is 1. The Morgan fingerprint density at radius 1 is 1.57 bits per heavy atom. The summed E-state index contributed by atoms with van der Waals surface area (Å²) < 4.78 is 21.8. The summed E-state index contributed by atoms with van der Waals surface area (Å²) in [5.41, 5.74) is 5.20. The second-order valence-corrected chi connectivity index (χ2v) is 5.99. The summed E-state index contributed by atoms with van der Waals surface area (Å²) in [6.45, 7) is 1.18. The molecule has 1 aliphatic heterocycles. The average molecular weight is 220 g/mol. The van der Waals surface area contributed by atoms with Crippen LogP contribution in [-0.2, 0) is 14.6 Å². The van der Waals surface area contributed by atoms with Crippen LogP contribution in [0.15, 0.2) is 0 Å². The van der Waals surface area contributed by atoms with Gasteiger partial charge in [-0.2, -0.15) is 0 Å². The number of primary amides is 1. The Balaban J connectivity index is 2.48. The molecule has 1 saturated heterocycles. The Kier molecular flexibility index (Phi) is 3.49. The fraction of sp³-hybridized carbons (Fsp3) is 0.875. The molecule has 0 spiro atoms. The van der Waals surface area contributed by atoms with Crippen LogP contribution in [0.4, 0.5) is 0 Å². The summed E-state index contributed by atoms with van der Waals surface area (Å²) in [5, 5.41) is 0. The van der Waals surface area contributed by atoms with E-state index >= 15 is 0 Å². The van der Waals surface area contributed by atoms with E-state index in [2.05, 4.69) is 0 Å². The Labute approximate surface area is 84.2 Å². The van der Waals surface area contributed by atoms with Gasteiger partial charge in [0, 0.05) is 12.8 Å². The third-order valence-corrected chi connectivity index (χ3v) is 3.37. The highest BCUT2D eigenvalue weighted by molar-refractivity contribution is 7.90. The molecular formula is C8H16N2O3S. The predicted molar refractivity (Wildman–Crippen MR) is 53.5 cm³/mol. The van der Waals surface area contributed by atoms with E-state index in [1.165, 1.54) is 6.26 Å². The highest BCUT2D eigenvalue weighted by atomic mass is 32.2. The van der Waals surface area contributed by atoms with Crippen LogP contribution in [0.2, 0.25) is 0 Å². The molecule has 82 valence electrons. The maximum absolute atomic E-state index is 11.0. The molecule has 0 aromatic heterocycles. The van der Waals surface area contributed by atoms with E-state index in [0.717, 1.165) is 19.4 Å². The number of likely N-dealkylation sites (tertiary alicyclic amines) is 1. The molecule has 0 aliphatic carbocycles. The monoisotopic (exact) mass is 220 g/mol. The normalized spacial score (nSPS) is 23.9. The summed E-state index contributed by atoms with van der Waals surface area (Å²) in [6.07, 6.45) is 2.86. The summed E-state index contributed by atoms with van der Waals surface area (Å²) >= 11 is 0. The molecule has 0 radical (unpaired) electrons. The van der Waals surface area contributed by atoms with Gasteiger partial charge >= 0.3 is 0 Å². The number of hydrogen-bond acceptors (Lipinski definition) is 4. The number of carbonyl (C=O) groups is 1. The molecular weight excluding hydrogens is 204 g/mol. The van der Waals surface area contributed by atoms with Gasteiger partial charge in [-0.1, -0.05) is 0 Å². The lowest BCUT2D eigenvalue weighted by Crippen LogP contribution is -2.42. The molecule has 0 aromatic carbocycles. The van der Waals surface area contributed by atoms with Gasteiger partial charge < -0.3 is 5.73 Å². The van der Waals surface area contributed by atoms with E-state index in [-0.39, 0.29) is 17.7 Å². The quantitative estimate of drug-likeness (QED) is 0.657. The second-order valence-electron chi connectivity index (χ2n) is 3.73. The average Bonchev–Trinajstić information content (AvgIpc) is 2.46. The minimum Gasteiger partial charge on any atom is -0.368 e. The third kappa shape index (κ3) is 3.26. The first kappa shape index (κ1) is 11.5. The van der Waals surface area contributed by atoms with Crippen molar-refractivity contribution in [3.8, 4) is 0 Å². The Morgan fingerprint density at radius 2 is 2.21 bits per heavy atom. The van der Waals surface area contributed by atoms with Crippen LogP contribution in [0, 0.1) is 0 Å². The molecule has 1 amide bonds. The van der Waals surface area contributed by atoms with Gasteiger partial charge in [0.05, 0.1) is 11.8 Å². The minimum atomic E-state index is -2.95. The molecule has 1 aliphatic rings. The largest absolute Gasteiger partial charge is 0.368 e. The van der Waals surface area contributed by atoms with Crippen LogP contribution in [0.3, 0.4) is 0 Å². The fourth-order valence-electron chi connectivity index (χ4n) is 1.70. The van der Waals surface area contributed by atoms with Crippen molar-refractivity contribution in [3.63, 3.8) is 0 Å². The van der Waals surface area contributed by atoms with Gasteiger partial charge in [-0.15, -0.1) is 0 Å². The van der Waals surface area contributed by atoms with Crippen LogP contribution in [-0.4, -0.2) is 50.4 Å². The van der Waals surface area contributed by atoms with Crippen LogP contribution in [0.25, 0.3) is 0 Å². The van der Waals surface area contributed by atoms with Crippen molar-refractivity contribution < 1.29 is 13.2 Å². The molecule has 1 fully saturated rings. The molecule has 1 atom stereocenters. The molecule has 0 saturated carbocycles. The van der Waals surface area contributed by atoms with Crippen molar-refractivity contribution in [2.24, 2.45) is 5.73 Å². The molecule has 1 heterocycles. The highest BCUT2D eigenvalue weighted by Gasteiger charge is 2.28. The van der Waals surface area contributed by atoms with E-state index in [4.69, 9.17) is 5.73 Å². The van der Waals surface area contributed by atoms with Gasteiger partial charge in [-0.05, 0) is 19.4 Å². The van der Waals surface area contributed by atoms with Gasteiger partial charge in [-0.25, -0.2) is 8.42 Å². The van der Waals surface area contributed by atoms with Crippen molar-refractivity contribution in [3.05, 3.63) is 0 Å². The number of nitrogens with two attached hydrogens (primary N) is 1. The molecule has 0 bridgehead atoms. The molecule has 0 unspecified atom stereocenters. The Bertz CT molecular complexity index is 313. The van der Waals surface area contributed by atoms with E-state index < -0.39 is 9.84 Å². The standard InChI is InChI=1S/C8H16N2O3S/c1-14(12,13)6-5-10-4-2-3-7(10)8(9)11/h7H,2-6H2,1H3,(H2,9,11)/t7-/m0/s1. The van der Waals surface area contributed by atoms with Crippen LogP contribution in [0.1, 0.15) is 12.8 Å². The van der Waals surface area contributed by atoms with Crippen LogP contribution in [0.5, 0.6) is 0 Å². The smallest absolute Gasteiger partial charge is 0.234 e. The van der Waals surface area contributed by atoms with E-state index in [1.807, 2.05) is 4.90 Å². The first-order chi connectivity index (χ1) is 6.40. The van der Waals surface area contributed by atoms with E-state index in [1.54, 1.807) is 0 Å². The lowest BCUT2D eigenvalue weighted by atomic mass is 10.2. The summed E-state index contributed by atoms with van der Waals surface area (Å²) in [5.74, 6) is -0.257. The number of nitrogens with zero attached hydrogens (tertiary/aromatic N) is 1. The lowest BCUT2D eigenvalue weighted by molar-refractivity contribution is -0.122. The summed E-state index contributed by atoms with van der Waals surface area (Å²) in [6, 6.07) is -0.267. The molecule has 5 nitrogen and oxygen atoms in total. The molecule has 1 rings (SSSR count). The maximum Gasteiger partial charge on any atom is 0.234 e. The predicted octanol–water partition coefficient (Wildman–Crippen LogP) is -1.02. The van der Waals surface area contributed by atoms with Gasteiger partial charge in [0.1, 0.15) is 9.84 Å². The van der Waals surface area contributed by atoms with Crippen molar-refractivity contribution in [2.45, 2.75) is 18.9 Å². The minimum absolute atomic E-state index is 0.0940. The first-order valence-corrected chi connectivity index (χ1v) is 6.67. The fourth-order valence-corrected chi connectivity index (χ4v) is 2.27. The maximum atomic E-state index is 11.0. The number of carbonyl (C=O) groups excluding carboxylic acids is 1. The van der Waals surface area contributed by atoms with Crippen molar-refractivity contribution >= 4 is 15.7 Å². The van der Waals surface area contributed by atoms with Gasteiger partial charge in [-0.3, -0.25) is 9.69 Å². The topological polar surface area (TPSA) is 80.5 Å². The zero-order chi connectivity index (χ0) is 10.8. The zero-order valence-corrected chi connectivity index (χ0v) is 9.09. The lowest BCUT2D eigenvalue weighted by Gasteiger charge is -2.20. The zero-order valence-electron chi connectivity index (χ0n) is 8.27. The van der Waals surface area contributed by atoms with Gasteiger partial charge in [0.25, 0.3) is 0 Å². The Morgan fingerprint density at radius 3 is 2.71 bits per heavy atom. The van der Waals surface area contributed by atoms with Gasteiger partial charge in [0.15, 0.2) is 0 Å². The van der Waals surface area contributed by atoms with Crippen LogP contribution >= 0.6 is 0 Å². The molecule has 2 N–H and O–H groups in total. The third-order valence-electron chi connectivity index (χ3n) is 2.44. The first-order valence-electron chi connectivity index (χ1n) is 4.61.